The SMILES string of the molecule is CCN(CC)c1ccc2c(-c3ccc(S(=O)(=O)NCCCCCC4CCN(CCCC(=O)c5ccccc5C)CC4)cc3S(=O)(=O)O)c3ccc(=[N+](CC)CC)cc-3oc2c1. The number of aryl methyl sites for hydroxylation is 1. The highest BCUT2D eigenvalue weighted by Crippen LogP contribution is 2.43. The monoisotopic (exact) mass is 871 g/mol. The largest absolute Gasteiger partial charge is 0.456 e. The van der Waals surface area contributed by atoms with Crippen molar-refractivity contribution in [1.82, 2.24) is 14.2 Å². The molecule has 11 nitrogen and oxygen atoms in total. The predicted molar refractivity (Wildman–Crippen MR) is 246 cm³/mol. The lowest BCUT2D eigenvalue weighted by Crippen LogP contribution is -2.34. The molecule has 328 valence electrons. The molecular weight excluding hydrogens is 809 g/mol. The summed E-state index contributed by atoms with van der Waals surface area (Å²) in [5, 5.41) is 1.58. The van der Waals surface area contributed by atoms with Gasteiger partial charge < -0.3 is 14.2 Å². The molecule has 1 fully saturated rings. The van der Waals surface area contributed by atoms with Crippen molar-refractivity contribution in [2.75, 3.05) is 57.3 Å². The predicted octanol–water partition coefficient (Wildman–Crippen LogP) is 8.63. The van der Waals surface area contributed by atoms with Gasteiger partial charge in [0, 0.05) is 71.5 Å². The number of Topliss-reactive ketones (excluding diaryl/α,β-unsaturated/α-hetero) is 1. The third kappa shape index (κ3) is 11.2. The molecule has 0 amide bonds. The normalized spacial score (nSPS) is 14.2. The van der Waals surface area contributed by atoms with Crippen LogP contribution in [-0.4, -0.2) is 84.4 Å². The summed E-state index contributed by atoms with van der Waals surface area (Å²) in [6, 6.07) is 23.3. The Morgan fingerprint density at radius 3 is 2.26 bits per heavy atom. The maximum Gasteiger partial charge on any atom is 0.295 e. The molecule has 2 aliphatic heterocycles. The molecule has 6 rings (SSSR count). The van der Waals surface area contributed by atoms with Crippen LogP contribution in [0.1, 0.15) is 95.0 Å². The molecule has 1 saturated heterocycles. The van der Waals surface area contributed by atoms with Crippen molar-refractivity contribution in [1.29, 1.82) is 0 Å². The van der Waals surface area contributed by atoms with Gasteiger partial charge in [-0.1, -0.05) is 49.6 Å². The number of piperidine rings is 1. The molecule has 0 saturated carbocycles. The lowest BCUT2D eigenvalue weighted by atomic mass is 9.91. The highest BCUT2D eigenvalue weighted by atomic mass is 32.2. The Morgan fingerprint density at radius 1 is 0.852 bits per heavy atom. The molecule has 61 heavy (non-hydrogen) atoms. The number of anilines is 1. The van der Waals surface area contributed by atoms with Crippen LogP contribution in [0.3, 0.4) is 0 Å². The quantitative estimate of drug-likeness (QED) is 0.0259. The zero-order valence-electron chi connectivity index (χ0n) is 36.5. The van der Waals surface area contributed by atoms with Gasteiger partial charge in [-0.15, -0.1) is 0 Å². The first kappa shape index (κ1) is 46.1. The minimum absolute atomic E-state index is 0.178. The molecule has 0 unspecified atom stereocenters. The number of unbranched alkanes of at least 4 members (excludes halogenated alkanes) is 2. The van der Waals surface area contributed by atoms with E-state index in [-0.39, 0.29) is 22.8 Å². The van der Waals surface area contributed by atoms with Crippen LogP contribution < -0.4 is 19.6 Å². The lowest BCUT2D eigenvalue weighted by molar-refractivity contribution is 0.0969. The van der Waals surface area contributed by atoms with Gasteiger partial charge in [-0.25, -0.2) is 17.7 Å². The molecule has 0 spiro atoms. The first-order valence-corrected chi connectivity index (χ1v) is 25.0. The number of carbonyl (C=O) groups excluding carboxylic acids is 1. The number of nitrogens with zero attached hydrogens (tertiary/aromatic N) is 3. The van der Waals surface area contributed by atoms with Crippen molar-refractivity contribution < 1.29 is 30.6 Å². The number of sulfonamides is 1. The maximum absolute atomic E-state index is 13.6. The number of rotatable bonds is 20. The van der Waals surface area contributed by atoms with Crippen LogP contribution in [0.15, 0.2) is 93.1 Å². The summed E-state index contributed by atoms with van der Waals surface area (Å²) in [5.41, 5.74) is 4.67. The van der Waals surface area contributed by atoms with E-state index >= 15 is 0 Å². The number of carbonyl (C=O) groups is 1. The highest BCUT2D eigenvalue weighted by Gasteiger charge is 2.27. The van der Waals surface area contributed by atoms with Crippen molar-refractivity contribution >= 4 is 42.6 Å². The molecule has 3 aliphatic rings. The van der Waals surface area contributed by atoms with E-state index in [4.69, 9.17) is 4.42 Å². The van der Waals surface area contributed by atoms with Gasteiger partial charge in [0.05, 0.1) is 11.0 Å². The fraction of sp³-hybridized carbons (Fsp3) is 0.458. The molecule has 3 aromatic carbocycles. The Balaban J connectivity index is 1.10. The molecular formula is C48H63N4O7S2+. The summed E-state index contributed by atoms with van der Waals surface area (Å²) in [5.74, 6) is 1.39. The standard InChI is InChI=1S/C48H62N4O7S2/c1-6-51(7-2)37-20-23-41-45(32-37)59-46-33-38(52(8-3)9-4)21-24-42(46)48(41)43-25-22-39(34-47(43)61(56,57)58)60(54,55)49-28-14-10-11-17-36-26-30-50(31-27-36)29-15-19-44(53)40-18-13-12-16-35(40)5/h12-13,16,18,20-25,32-34,36,49H,6-11,14-15,17,19,26-31H2,1-5H3/p+1. The van der Waals surface area contributed by atoms with Gasteiger partial charge in [0.25, 0.3) is 10.1 Å². The van der Waals surface area contributed by atoms with Crippen LogP contribution in [-0.2, 0) is 20.1 Å². The first-order valence-electron chi connectivity index (χ1n) is 22.0. The number of fused-ring (bicyclic) bond motifs is 2. The number of hydrogen-bond donors (Lipinski definition) is 2. The first-order chi connectivity index (χ1) is 29.3. The molecule has 0 bridgehead atoms. The third-order valence-electron chi connectivity index (χ3n) is 12.4. The topological polar surface area (TPSA) is 140 Å². The summed E-state index contributed by atoms with van der Waals surface area (Å²) in [7, 11) is -8.98. The van der Waals surface area contributed by atoms with E-state index in [9.17, 15) is 26.2 Å². The summed E-state index contributed by atoms with van der Waals surface area (Å²) in [4.78, 5) is 16.6. The van der Waals surface area contributed by atoms with Crippen LogP contribution in [0.4, 0.5) is 5.69 Å². The van der Waals surface area contributed by atoms with E-state index in [1.807, 2.05) is 67.6 Å². The van der Waals surface area contributed by atoms with Crippen molar-refractivity contribution in [2.45, 2.75) is 95.8 Å². The molecule has 2 heterocycles. The van der Waals surface area contributed by atoms with Crippen molar-refractivity contribution in [3.63, 3.8) is 0 Å². The minimum Gasteiger partial charge on any atom is -0.456 e. The number of benzene rings is 4. The fourth-order valence-electron chi connectivity index (χ4n) is 8.83. The van der Waals surface area contributed by atoms with Crippen LogP contribution in [0.2, 0.25) is 0 Å². The molecule has 0 aromatic heterocycles. The zero-order chi connectivity index (χ0) is 43.7. The van der Waals surface area contributed by atoms with Crippen molar-refractivity contribution in [2.24, 2.45) is 5.92 Å². The van der Waals surface area contributed by atoms with Crippen LogP contribution >= 0.6 is 0 Å². The maximum atomic E-state index is 13.6. The van der Waals surface area contributed by atoms with E-state index in [1.165, 1.54) is 12.1 Å². The molecule has 0 radical (unpaired) electrons. The summed E-state index contributed by atoms with van der Waals surface area (Å²) < 4.78 is 75.4. The summed E-state index contributed by atoms with van der Waals surface area (Å²) >= 11 is 0. The Morgan fingerprint density at radius 2 is 1.57 bits per heavy atom. The van der Waals surface area contributed by atoms with Crippen molar-refractivity contribution in [3.8, 4) is 22.5 Å². The van der Waals surface area contributed by atoms with Crippen LogP contribution in [0.25, 0.3) is 33.4 Å². The average molecular weight is 872 g/mol. The molecule has 0 atom stereocenters. The van der Waals surface area contributed by atoms with E-state index in [0.29, 0.717) is 46.6 Å². The minimum atomic E-state index is -4.88. The molecule has 2 N–H and O–H groups in total. The number of likely N-dealkylation sites (tertiary alicyclic amines) is 1. The van der Waals surface area contributed by atoms with Gasteiger partial charge in [0.2, 0.25) is 15.4 Å². The van der Waals surface area contributed by atoms with Crippen molar-refractivity contribution in [3.05, 3.63) is 95.3 Å². The van der Waals surface area contributed by atoms with Gasteiger partial charge in [0.15, 0.2) is 5.78 Å². The highest BCUT2D eigenvalue weighted by molar-refractivity contribution is 7.89. The van der Waals surface area contributed by atoms with Crippen LogP contribution in [0.5, 0.6) is 0 Å². The van der Waals surface area contributed by atoms with E-state index in [0.717, 1.165) is 113 Å². The smallest absolute Gasteiger partial charge is 0.295 e. The number of hydrogen-bond acceptors (Lipinski definition) is 8. The number of nitrogens with one attached hydrogen (secondary N) is 1. The zero-order valence-corrected chi connectivity index (χ0v) is 38.1. The summed E-state index contributed by atoms with van der Waals surface area (Å²) in [6.07, 6.45) is 7.29. The van der Waals surface area contributed by atoms with Gasteiger partial charge >= 0.3 is 0 Å². The lowest BCUT2D eigenvalue weighted by Gasteiger charge is -2.32. The van der Waals surface area contributed by atoms with Crippen LogP contribution in [0, 0.1) is 12.8 Å². The number of ketones is 1. The van der Waals surface area contributed by atoms with Gasteiger partial charge in [-0.05, 0) is 122 Å². The Bertz CT molecular complexity index is 2570. The fourth-order valence-corrected chi connectivity index (χ4v) is 10.7. The van der Waals surface area contributed by atoms with Gasteiger partial charge in [0.1, 0.15) is 29.3 Å². The molecule has 1 aliphatic carbocycles. The second kappa shape index (κ2) is 20.6. The van der Waals surface area contributed by atoms with Gasteiger partial charge in [-0.2, -0.15) is 8.42 Å². The second-order valence-electron chi connectivity index (χ2n) is 16.2. The van der Waals surface area contributed by atoms with E-state index < -0.39 is 25.0 Å². The molecule has 13 heteroatoms. The summed E-state index contributed by atoms with van der Waals surface area (Å²) in [6.45, 7) is 16.6. The van der Waals surface area contributed by atoms with E-state index in [2.05, 4.69) is 46.8 Å². The second-order valence-corrected chi connectivity index (χ2v) is 19.3. The Hall–Kier alpha value is -4.40. The Kier molecular flexibility index (Phi) is 15.6. The van der Waals surface area contributed by atoms with Gasteiger partial charge in [-0.3, -0.25) is 9.35 Å². The average Bonchev–Trinajstić information content (AvgIpc) is 3.25. The third-order valence-corrected chi connectivity index (χ3v) is 14.7. The van der Waals surface area contributed by atoms with E-state index in [1.54, 1.807) is 0 Å². The molecule has 3 aromatic rings. The Labute approximate surface area is 362 Å².